The first-order valence-corrected chi connectivity index (χ1v) is 6.34. The van der Waals surface area contributed by atoms with Crippen LogP contribution in [0, 0.1) is 6.92 Å². The van der Waals surface area contributed by atoms with Crippen LogP contribution in [0.5, 0.6) is 0 Å². The second kappa shape index (κ2) is 3.97. The van der Waals surface area contributed by atoms with Crippen LogP contribution in [0.2, 0.25) is 0 Å². The topological polar surface area (TPSA) is 13.1 Å². The maximum absolute atomic E-state index is 6.04. The molecular weight excluding hydrogens is 196 g/mol. The molecule has 1 aliphatic carbocycles. The molecule has 1 aliphatic rings. The molecule has 1 heterocycles. The lowest BCUT2D eigenvalue weighted by molar-refractivity contribution is 0.383. The van der Waals surface area contributed by atoms with Gasteiger partial charge in [0, 0.05) is 11.3 Å². The second-order valence-electron chi connectivity index (χ2n) is 4.92. The third kappa shape index (κ3) is 1.55. The lowest BCUT2D eigenvalue weighted by Crippen LogP contribution is -2.04. The monoisotopic (exact) mass is 214 g/mol. The molecule has 1 aromatic heterocycles. The predicted octanol–water partition coefficient (Wildman–Crippen LogP) is 4.79. The van der Waals surface area contributed by atoms with E-state index >= 15 is 0 Å². The van der Waals surface area contributed by atoms with E-state index in [0.717, 1.165) is 5.58 Å². The second-order valence-corrected chi connectivity index (χ2v) is 4.92. The van der Waals surface area contributed by atoms with Gasteiger partial charge < -0.3 is 4.42 Å². The van der Waals surface area contributed by atoms with Gasteiger partial charge in [-0.2, -0.15) is 0 Å². The molecule has 0 atom stereocenters. The summed E-state index contributed by atoms with van der Waals surface area (Å²) in [5.41, 5.74) is 2.42. The van der Waals surface area contributed by atoms with Gasteiger partial charge in [0.05, 0.1) is 0 Å². The zero-order chi connectivity index (χ0) is 11.0. The fourth-order valence-corrected chi connectivity index (χ4v) is 2.95. The quantitative estimate of drug-likeness (QED) is 0.665. The van der Waals surface area contributed by atoms with Crippen LogP contribution in [0.25, 0.3) is 11.0 Å². The third-order valence-corrected chi connectivity index (χ3v) is 3.86. The molecule has 16 heavy (non-hydrogen) atoms. The van der Waals surface area contributed by atoms with Crippen LogP contribution in [0.4, 0.5) is 0 Å². The maximum Gasteiger partial charge on any atom is 0.134 e. The predicted molar refractivity (Wildman–Crippen MR) is 66.8 cm³/mol. The molecule has 0 N–H and O–H groups in total. The first kappa shape index (κ1) is 9.95. The number of aryl methyl sites for hydroxylation is 1. The lowest BCUT2D eigenvalue weighted by atomic mass is 9.86. The zero-order valence-corrected chi connectivity index (χ0v) is 9.83. The number of para-hydroxylation sites is 1. The lowest BCUT2D eigenvalue weighted by Gasteiger charge is -2.20. The van der Waals surface area contributed by atoms with E-state index in [-0.39, 0.29) is 0 Å². The average molecular weight is 214 g/mol. The molecule has 1 saturated carbocycles. The zero-order valence-electron chi connectivity index (χ0n) is 9.83. The summed E-state index contributed by atoms with van der Waals surface area (Å²) in [7, 11) is 0. The molecule has 0 bridgehead atoms. The van der Waals surface area contributed by atoms with Crippen molar-refractivity contribution in [3.8, 4) is 0 Å². The van der Waals surface area contributed by atoms with E-state index in [1.54, 1.807) is 0 Å². The molecule has 0 unspecified atom stereocenters. The fourth-order valence-electron chi connectivity index (χ4n) is 2.95. The van der Waals surface area contributed by atoms with Gasteiger partial charge in [-0.3, -0.25) is 0 Å². The van der Waals surface area contributed by atoms with Crippen molar-refractivity contribution in [3.63, 3.8) is 0 Å². The van der Waals surface area contributed by atoms with Gasteiger partial charge >= 0.3 is 0 Å². The summed E-state index contributed by atoms with van der Waals surface area (Å²) in [6, 6.07) is 8.39. The normalized spacial score (nSPS) is 18.1. The summed E-state index contributed by atoms with van der Waals surface area (Å²) in [5, 5.41) is 1.29. The summed E-state index contributed by atoms with van der Waals surface area (Å²) < 4.78 is 6.04. The molecule has 0 amide bonds. The standard InChI is InChI=1S/C15H18O/c1-11-13-9-5-6-10-14(13)16-15(11)12-7-3-2-4-8-12/h5-6,9-10,12H,2-4,7-8H2,1H3. The minimum Gasteiger partial charge on any atom is -0.460 e. The number of hydrogen-bond donors (Lipinski definition) is 0. The number of rotatable bonds is 1. The van der Waals surface area contributed by atoms with Gasteiger partial charge in [-0.1, -0.05) is 37.5 Å². The van der Waals surface area contributed by atoms with Crippen LogP contribution in [-0.2, 0) is 0 Å². The summed E-state index contributed by atoms with van der Waals surface area (Å²) in [4.78, 5) is 0. The number of fused-ring (bicyclic) bond motifs is 1. The van der Waals surface area contributed by atoms with E-state index in [1.807, 2.05) is 0 Å². The van der Waals surface area contributed by atoms with Crippen molar-refractivity contribution in [2.24, 2.45) is 0 Å². The molecule has 0 spiro atoms. The van der Waals surface area contributed by atoms with E-state index in [9.17, 15) is 0 Å². The van der Waals surface area contributed by atoms with Crippen LogP contribution in [0.15, 0.2) is 28.7 Å². The minimum absolute atomic E-state index is 0.668. The highest BCUT2D eigenvalue weighted by Gasteiger charge is 2.21. The smallest absolute Gasteiger partial charge is 0.134 e. The molecule has 2 aromatic rings. The third-order valence-electron chi connectivity index (χ3n) is 3.86. The molecule has 1 heteroatoms. The molecular formula is C15H18O. The Balaban J connectivity index is 2.05. The van der Waals surface area contributed by atoms with Crippen LogP contribution in [0.1, 0.15) is 49.3 Å². The summed E-state index contributed by atoms with van der Waals surface area (Å²) in [6.07, 6.45) is 6.74. The maximum atomic E-state index is 6.04. The van der Waals surface area contributed by atoms with Crippen LogP contribution < -0.4 is 0 Å². The van der Waals surface area contributed by atoms with Gasteiger partial charge in [0.1, 0.15) is 11.3 Å². The number of hydrogen-bond acceptors (Lipinski definition) is 1. The van der Waals surface area contributed by atoms with Crippen molar-refractivity contribution in [2.45, 2.75) is 44.9 Å². The fraction of sp³-hybridized carbons (Fsp3) is 0.467. The Morgan fingerprint density at radius 1 is 1.06 bits per heavy atom. The van der Waals surface area contributed by atoms with Gasteiger partial charge in [0.2, 0.25) is 0 Å². The van der Waals surface area contributed by atoms with Crippen molar-refractivity contribution in [1.29, 1.82) is 0 Å². The molecule has 1 nitrogen and oxygen atoms in total. The Morgan fingerprint density at radius 2 is 1.81 bits per heavy atom. The van der Waals surface area contributed by atoms with Gasteiger partial charge in [-0.05, 0) is 31.4 Å². The van der Waals surface area contributed by atoms with Crippen molar-refractivity contribution in [3.05, 3.63) is 35.6 Å². The highest BCUT2D eigenvalue weighted by atomic mass is 16.3. The molecule has 3 rings (SSSR count). The molecule has 1 fully saturated rings. The van der Waals surface area contributed by atoms with Crippen LogP contribution in [0.3, 0.4) is 0 Å². The SMILES string of the molecule is Cc1c(C2CCCCC2)oc2ccccc12. The van der Waals surface area contributed by atoms with Crippen molar-refractivity contribution >= 4 is 11.0 Å². The number of furan rings is 1. The van der Waals surface area contributed by atoms with Crippen molar-refractivity contribution in [2.75, 3.05) is 0 Å². The van der Waals surface area contributed by atoms with Crippen molar-refractivity contribution in [1.82, 2.24) is 0 Å². The van der Waals surface area contributed by atoms with Crippen LogP contribution >= 0.6 is 0 Å². The summed E-state index contributed by atoms with van der Waals surface area (Å²) in [5.74, 6) is 1.92. The van der Waals surface area contributed by atoms with Gasteiger partial charge in [0.25, 0.3) is 0 Å². The Kier molecular flexibility index (Phi) is 2.47. The first-order valence-electron chi connectivity index (χ1n) is 6.34. The van der Waals surface area contributed by atoms with Gasteiger partial charge in [-0.25, -0.2) is 0 Å². The Bertz CT molecular complexity index is 489. The average Bonchev–Trinajstić information content (AvgIpc) is 2.69. The Morgan fingerprint density at radius 3 is 2.56 bits per heavy atom. The van der Waals surface area contributed by atoms with Gasteiger partial charge in [-0.15, -0.1) is 0 Å². The van der Waals surface area contributed by atoms with E-state index < -0.39 is 0 Å². The highest BCUT2D eigenvalue weighted by molar-refractivity contribution is 5.82. The van der Waals surface area contributed by atoms with Gasteiger partial charge in [0.15, 0.2) is 0 Å². The molecule has 0 radical (unpaired) electrons. The Labute approximate surface area is 96.5 Å². The van der Waals surface area contributed by atoms with E-state index in [4.69, 9.17) is 4.42 Å². The van der Waals surface area contributed by atoms with Crippen molar-refractivity contribution < 1.29 is 4.42 Å². The van der Waals surface area contributed by atoms with E-state index in [2.05, 4.69) is 31.2 Å². The molecule has 84 valence electrons. The first-order chi connectivity index (χ1) is 7.86. The number of benzene rings is 1. The summed E-state index contributed by atoms with van der Waals surface area (Å²) >= 11 is 0. The minimum atomic E-state index is 0.668. The largest absolute Gasteiger partial charge is 0.460 e. The highest BCUT2D eigenvalue weighted by Crippen LogP contribution is 2.38. The Hall–Kier alpha value is -1.24. The summed E-state index contributed by atoms with van der Waals surface area (Å²) in [6.45, 7) is 2.20. The van der Waals surface area contributed by atoms with E-state index in [0.29, 0.717) is 5.92 Å². The molecule has 1 aromatic carbocycles. The van der Waals surface area contributed by atoms with Crippen LogP contribution in [-0.4, -0.2) is 0 Å². The van der Waals surface area contributed by atoms with E-state index in [1.165, 1.54) is 48.8 Å². The molecule has 0 saturated heterocycles. The molecule has 0 aliphatic heterocycles.